The molecule has 0 amide bonds. The largest absolute Gasteiger partial charge is 0.508 e. The van der Waals surface area contributed by atoms with Gasteiger partial charge >= 0.3 is 0 Å². The Morgan fingerprint density at radius 1 is 0.955 bits per heavy atom. The number of aromatic hydroxyl groups is 2. The number of benzene rings is 2. The van der Waals surface area contributed by atoms with E-state index in [1.165, 1.54) is 7.11 Å². The second-order valence-electron chi connectivity index (χ2n) is 5.19. The molecule has 0 unspecified atom stereocenters. The molecule has 2 aromatic rings. The Balaban J connectivity index is 2.24. The Kier molecular flexibility index (Phi) is 4.94. The Bertz CT molecular complexity index is 675. The first-order valence-electron chi connectivity index (χ1n) is 7.03. The smallest absolute Gasteiger partial charge is 0.161 e. The van der Waals surface area contributed by atoms with Crippen molar-refractivity contribution in [1.29, 1.82) is 0 Å². The van der Waals surface area contributed by atoms with Gasteiger partial charge in [0, 0.05) is 6.07 Å². The maximum atomic E-state index is 9.76. The minimum atomic E-state index is 0.0417. The van der Waals surface area contributed by atoms with Crippen molar-refractivity contribution in [1.82, 2.24) is 0 Å². The van der Waals surface area contributed by atoms with E-state index in [1.807, 2.05) is 32.1 Å². The fourth-order valence-corrected chi connectivity index (χ4v) is 2.03. The maximum Gasteiger partial charge on any atom is 0.161 e. The second-order valence-corrected chi connectivity index (χ2v) is 5.19. The van der Waals surface area contributed by atoms with E-state index in [9.17, 15) is 10.2 Å². The minimum Gasteiger partial charge on any atom is -0.508 e. The highest BCUT2D eigenvalue weighted by Gasteiger charge is 2.03. The number of hydrogen-bond acceptors (Lipinski definition) is 4. The second kappa shape index (κ2) is 6.89. The molecule has 0 aliphatic rings. The van der Waals surface area contributed by atoms with Crippen molar-refractivity contribution in [3.8, 4) is 23.0 Å². The van der Waals surface area contributed by atoms with Crippen LogP contribution in [0.1, 0.15) is 25.0 Å². The summed E-state index contributed by atoms with van der Waals surface area (Å²) in [5.74, 6) is 1.30. The lowest BCUT2D eigenvalue weighted by Gasteiger charge is -2.10. The van der Waals surface area contributed by atoms with Gasteiger partial charge in [-0.25, -0.2) is 0 Å². The van der Waals surface area contributed by atoms with Crippen LogP contribution in [-0.4, -0.2) is 23.4 Å². The fourth-order valence-electron chi connectivity index (χ4n) is 2.03. The highest BCUT2D eigenvalue weighted by atomic mass is 16.5. The molecule has 116 valence electrons. The van der Waals surface area contributed by atoms with Gasteiger partial charge in [0.15, 0.2) is 11.5 Å². The molecule has 0 saturated carbocycles. The molecule has 4 heteroatoms. The minimum absolute atomic E-state index is 0.0417. The third kappa shape index (κ3) is 4.19. The predicted molar refractivity (Wildman–Crippen MR) is 87.5 cm³/mol. The van der Waals surface area contributed by atoms with Crippen LogP contribution in [-0.2, 0) is 0 Å². The van der Waals surface area contributed by atoms with Crippen LogP contribution >= 0.6 is 0 Å². The van der Waals surface area contributed by atoms with E-state index in [1.54, 1.807) is 30.3 Å². The van der Waals surface area contributed by atoms with E-state index in [0.717, 1.165) is 11.1 Å². The molecule has 0 atom stereocenters. The van der Waals surface area contributed by atoms with Crippen molar-refractivity contribution in [2.75, 3.05) is 7.11 Å². The first-order valence-corrected chi connectivity index (χ1v) is 7.03. The van der Waals surface area contributed by atoms with Crippen molar-refractivity contribution >= 4 is 12.2 Å². The molecule has 0 saturated heterocycles. The lowest BCUT2D eigenvalue weighted by atomic mass is 10.1. The van der Waals surface area contributed by atoms with Crippen LogP contribution in [0.5, 0.6) is 23.0 Å². The maximum absolute atomic E-state index is 9.76. The molecule has 0 aliphatic heterocycles. The average Bonchev–Trinajstić information content (AvgIpc) is 2.45. The van der Waals surface area contributed by atoms with E-state index in [0.29, 0.717) is 11.5 Å². The van der Waals surface area contributed by atoms with Gasteiger partial charge in [-0.05, 0) is 49.2 Å². The molecule has 2 N–H and O–H groups in total. The van der Waals surface area contributed by atoms with Gasteiger partial charge < -0.3 is 19.7 Å². The molecule has 0 radical (unpaired) electrons. The van der Waals surface area contributed by atoms with E-state index in [4.69, 9.17) is 9.47 Å². The van der Waals surface area contributed by atoms with Gasteiger partial charge in [-0.2, -0.15) is 0 Å². The van der Waals surface area contributed by atoms with Crippen molar-refractivity contribution in [2.45, 2.75) is 20.0 Å². The molecule has 4 nitrogen and oxygen atoms in total. The van der Waals surface area contributed by atoms with Crippen LogP contribution in [0.4, 0.5) is 0 Å². The third-order valence-electron chi connectivity index (χ3n) is 2.96. The Labute approximate surface area is 130 Å². The monoisotopic (exact) mass is 300 g/mol. The number of ether oxygens (including phenoxy) is 2. The Morgan fingerprint density at radius 3 is 2.36 bits per heavy atom. The lowest BCUT2D eigenvalue weighted by molar-refractivity contribution is 0.241. The normalized spacial score (nSPS) is 11.1. The molecular formula is C18H20O4. The molecule has 0 heterocycles. The number of phenolic OH excluding ortho intramolecular Hbond substituents is 2. The third-order valence-corrected chi connectivity index (χ3v) is 2.96. The topological polar surface area (TPSA) is 58.9 Å². The van der Waals surface area contributed by atoms with Gasteiger partial charge in [0.2, 0.25) is 0 Å². The lowest BCUT2D eigenvalue weighted by Crippen LogP contribution is -2.05. The zero-order valence-corrected chi connectivity index (χ0v) is 12.9. The molecular weight excluding hydrogens is 280 g/mol. The SMILES string of the molecule is COc1cc(/C=C/c2cc(O)cc(OC(C)C)c2)ccc1O. The number of phenols is 2. The summed E-state index contributed by atoms with van der Waals surface area (Å²) in [6.45, 7) is 3.87. The summed E-state index contributed by atoms with van der Waals surface area (Å²) in [5.41, 5.74) is 1.70. The molecule has 0 spiro atoms. The summed E-state index contributed by atoms with van der Waals surface area (Å²) < 4.78 is 10.7. The summed E-state index contributed by atoms with van der Waals surface area (Å²) in [5, 5.41) is 19.3. The molecule has 2 aromatic carbocycles. The highest BCUT2D eigenvalue weighted by molar-refractivity contribution is 5.72. The molecule has 0 bridgehead atoms. The zero-order chi connectivity index (χ0) is 16.1. The fraction of sp³-hybridized carbons (Fsp3) is 0.222. The standard InChI is InChI=1S/C18H20O4/c1-12(2)22-16-9-14(8-15(19)11-16)5-4-13-6-7-17(20)18(10-13)21-3/h4-12,19-20H,1-3H3/b5-4+. The van der Waals surface area contributed by atoms with Crippen molar-refractivity contribution in [3.05, 3.63) is 47.5 Å². The Hall–Kier alpha value is -2.62. The number of methoxy groups -OCH3 is 1. The quantitative estimate of drug-likeness (QED) is 0.817. The van der Waals surface area contributed by atoms with Gasteiger partial charge in [0.1, 0.15) is 11.5 Å². The number of hydrogen-bond donors (Lipinski definition) is 2. The van der Waals surface area contributed by atoms with E-state index < -0.39 is 0 Å². The summed E-state index contributed by atoms with van der Waals surface area (Å²) in [4.78, 5) is 0. The molecule has 0 aromatic heterocycles. The number of rotatable bonds is 5. The van der Waals surface area contributed by atoms with Crippen LogP contribution in [0.2, 0.25) is 0 Å². The van der Waals surface area contributed by atoms with Gasteiger partial charge in [0.25, 0.3) is 0 Å². The average molecular weight is 300 g/mol. The first kappa shape index (κ1) is 15.8. The van der Waals surface area contributed by atoms with Gasteiger partial charge in [-0.3, -0.25) is 0 Å². The van der Waals surface area contributed by atoms with Crippen LogP contribution in [0.15, 0.2) is 36.4 Å². The van der Waals surface area contributed by atoms with Crippen LogP contribution in [0.25, 0.3) is 12.2 Å². The molecule has 2 rings (SSSR count). The van der Waals surface area contributed by atoms with E-state index >= 15 is 0 Å². The van der Waals surface area contributed by atoms with Crippen molar-refractivity contribution in [2.24, 2.45) is 0 Å². The van der Waals surface area contributed by atoms with E-state index in [-0.39, 0.29) is 17.6 Å². The molecule has 0 aliphatic carbocycles. The van der Waals surface area contributed by atoms with Gasteiger partial charge in [-0.1, -0.05) is 18.2 Å². The molecule has 22 heavy (non-hydrogen) atoms. The van der Waals surface area contributed by atoms with Crippen LogP contribution in [0, 0.1) is 0 Å². The van der Waals surface area contributed by atoms with E-state index in [2.05, 4.69) is 0 Å². The summed E-state index contributed by atoms with van der Waals surface area (Å²) >= 11 is 0. The highest BCUT2D eigenvalue weighted by Crippen LogP contribution is 2.28. The summed E-state index contributed by atoms with van der Waals surface area (Å²) in [7, 11) is 1.51. The summed E-state index contributed by atoms with van der Waals surface area (Å²) in [6, 6.07) is 10.2. The zero-order valence-electron chi connectivity index (χ0n) is 12.9. The van der Waals surface area contributed by atoms with Crippen LogP contribution in [0.3, 0.4) is 0 Å². The van der Waals surface area contributed by atoms with Crippen LogP contribution < -0.4 is 9.47 Å². The predicted octanol–water partition coefficient (Wildman–Crippen LogP) is 4.06. The van der Waals surface area contributed by atoms with Crippen molar-refractivity contribution < 1.29 is 19.7 Å². The van der Waals surface area contributed by atoms with Gasteiger partial charge in [0.05, 0.1) is 13.2 Å². The van der Waals surface area contributed by atoms with Gasteiger partial charge in [-0.15, -0.1) is 0 Å². The van der Waals surface area contributed by atoms with Crippen molar-refractivity contribution in [3.63, 3.8) is 0 Å². The Morgan fingerprint density at radius 2 is 1.68 bits per heavy atom. The molecule has 0 fully saturated rings. The summed E-state index contributed by atoms with van der Waals surface area (Å²) in [6.07, 6.45) is 3.77. The first-order chi connectivity index (χ1) is 10.5.